The van der Waals surface area contributed by atoms with Gasteiger partial charge in [0.2, 0.25) is 0 Å². The van der Waals surface area contributed by atoms with E-state index in [1.165, 1.54) is 0 Å². The van der Waals surface area contributed by atoms with Crippen LogP contribution in [0.25, 0.3) is 10.9 Å². The van der Waals surface area contributed by atoms with E-state index < -0.39 is 11.6 Å². The predicted molar refractivity (Wildman–Crippen MR) is 121 cm³/mol. The van der Waals surface area contributed by atoms with Crippen molar-refractivity contribution in [3.63, 3.8) is 0 Å². The molecule has 4 N–H and O–H groups in total. The van der Waals surface area contributed by atoms with Crippen LogP contribution in [0.4, 0.5) is 0 Å². The van der Waals surface area contributed by atoms with Gasteiger partial charge in [-0.15, -0.1) is 0 Å². The monoisotopic (exact) mass is 422 g/mol. The number of ether oxygens (including phenoxy) is 1. The van der Waals surface area contributed by atoms with Crippen LogP contribution in [0.3, 0.4) is 0 Å². The van der Waals surface area contributed by atoms with Crippen molar-refractivity contribution in [2.24, 2.45) is 5.92 Å². The Bertz CT molecular complexity index is 1090. The minimum atomic E-state index is -0.962. The molecule has 2 aromatic carbocycles. The van der Waals surface area contributed by atoms with Crippen LogP contribution in [0, 0.1) is 12.8 Å². The molecule has 0 bridgehead atoms. The third kappa shape index (κ3) is 4.18. The number of benzene rings is 2. The normalized spacial score (nSPS) is 21.3. The van der Waals surface area contributed by atoms with Gasteiger partial charge in [-0.2, -0.15) is 0 Å². The zero-order valence-corrected chi connectivity index (χ0v) is 18.1. The van der Waals surface area contributed by atoms with Crippen LogP contribution >= 0.6 is 0 Å². The molecule has 4 rings (SSSR count). The molecule has 6 heteroatoms. The van der Waals surface area contributed by atoms with Crippen molar-refractivity contribution in [1.82, 2.24) is 10.3 Å². The Morgan fingerprint density at radius 2 is 2.10 bits per heavy atom. The summed E-state index contributed by atoms with van der Waals surface area (Å²) in [4.78, 5) is 14.8. The summed E-state index contributed by atoms with van der Waals surface area (Å²) >= 11 is 0. The Morgan fingerprint density at radius 1 is 1.26 bits per heavy atom. The summed E-state index contributed by atoms with van der Waals surface area (Å²) in [5, 5.41) is 25.7. The highest BCUT2D eigenvalue weighted by Gasteiger charge is 2.40. The Kier molecular flexibility index (Phi) is 6.03. The Balaban J connectivity index is 1.55. The zero-order valence-electron chi connectivity index (χ0n) is 18.1. The quantitative estimate of drug-likeness (QED) is 0.454. The Hall–Kier alpha value is -2.83. The first-order valence-electron chi connectivity index (χ1n) is 10.8. The molecule has 3 aromatic rings. The molecule has 164 valence electrons. The van der Waals surface area contributed by atoms with Crippen LogP contribution in [0.15, 0.2) is 42.5 Å². The van der Waals surface area contributed by atoms with Crippen molar-refractivity contribution < 1.29 is 19.7 Å². The van der Waals surface area contributed by atoms with Crippen molar-refractivity contribution >= 4 is 16.9 Å². The molecule has 6 nitrogen and oxygen atoms in total. The lowest BCUT2D eigenvalue weighted by Crippen LogP contribution is -2.43. The molecule has 1 saturated carbocycles. The topological polar surface area (TPSA) is 94.6 Å². The number of rotatable bonds is 7. The Morgan fingerprint density at radius 3 is 2.87 bits per heavy atom. The number of fused-ring (bicyclic) bond motifs is 1. The number of hydrogen-bond donors (Lipinski definition) is 4. The minimum Gasteiger partial charge on any atom is -0.497 e. The summed E-state index contributed by atoms with van der Waals surface area (Å²) in [6.07, 6.45) is 3.68. The average molecular weight is 423 g/mol. The van der Waals surface area contributed by atoms with E-state index >= 15 is 0 Å². The highest BCUT2D eigenvalue weighted by molar-refractivity contribution is 5.97. The summed E-state index contributed by atoms with van der Waals surface area (Å²) in [6, 6.07) is 13.6. The van der Waals surface area contributed by atoms with Crippen molar-refractivity contribution in [2.45, 2.75) is 44.8 Å². The van der Waals surface area contributed by atoms with Gasteiger partial charge in [0, 0.05) is 35.5 Å². The number of carbonyl (C=O) groups is 1. The number of methoxy groups -OCH3 is 1. The fourth-order valence-corrected chi connectivity index (χ4v) is 4.87. The highest BCUT2D eigenvalue weighted by atomic mass is 16.5. The van der Waals surface area contributed by atoms with Gasteiger partial charge in [-0.1, -0.05) is 36.6 Å². The third-order valence-electron chi connectivity index (χ3n) is 6.57. The molecule has 1 heterocycles. The number of carboxylic acids is 1. The first kappa shape index (κ1) is 21.4. The van der Waals surface area contributed by atoms with Crippen LogP contribution in [0.1, 0.15) is 52.9 Å². The number of hydrogen-bond acceptors (Lipinski definition) is 4. The molecule has 0 amide bonds. The highest BCUT2D eigenvalue weighted by Crippen LogP contribution is 2.42. The number of carboxylic acid groups (broad SMARTS) is 1. The van der Waals surface area contributed by atoms with Gasteiger partial charge in [-0.3, -0.25) is 0 Å². The molecule has 0 spiro atoms. The molecule has 1 aliphatic carbocycles. The minimum absolute atomic E-state index is 0.0357. The summed E-state index contributed by atoms with van der Waals surface area (Å²) in [6.45, 7) is 3.03. The maximum Gasteiger partial charge on any atom is 0.352 e. The van der Waals surface area contributed by atoms with E-state index in [1.54, 1.807) is 7.11 Å². The van der Waals surface area contributed by atoms with E-state index in [4.69, 9.17) is 4.74 Å². The van der Waals surface area contributed by atoms with E-state index in [9.17, 15) is 15.0 Å². The van der Waals surface area contributed by atoms with E-state index in [0.29, 0.717) is 19.5 Å². The molecule has 2 unspecified atom stereocenters. The van der Waals surface area contributed by atoms with Gasteiger partial charge in [-0.25, -0.2) is 4.79 Å². The van der Waals surface area contributed by atoms with Crippen LogP contribution in [-0.2, 0) is 12.1 Å². The second kappa shape index (κ2) is 8.73. The van der Waals surface area contributed by atoms with Crippen molar-refractivity contribution in [3.05, 3.63) is 64.8 Å². The summed E-state index contributed by atoms with van der Waals surface area (Å²) < 4.78 is 5.36. The maximum atomic E-state index is 11.8. The van der Waals surface area contributed by atoms with Crippen molar-refractivity contribution in [2.75, 3.05) is 13.7 Å². The second-order valence-corrected chi connectivity index (χ2v) is 8.56. The van der Waals surface area contributed by atoms with Gasteiger partial charge in [0.05, 0.1) is 12.7 Å². The number of aromatic nitrogens is 1. The molecule has 1 aliphatic rings. The van der Waals surface area contributed by atoms with Crippen LogP contribution in [-0.4, -0.2) is 34.8 Å². The van der Waals surface area contributed by atoms with Crippen LogP contribution in [0.2, 0.25) is 0 Å². The van der Waals surface area contributed by atoms with Crippen LogP contribution < -0.4 is 10.1 Å². The molecule has 0 radical (unpaired) electrons. The Labute approximate surface area is 182 Å². The first-order chi connectivity index (χ1) is 14.9. The SMILES string of the molecule is COc1cccc(C2(O)CCCCC2CNCc2c(C(=O)O)[nH]c3ccc(C)cc23)c1. The molecule has 2 atom stereocenters. The van der Waals surface area contributed by atoms with Gasteiger partial charge >= 0.3 is 5.97 Å². The van der Waals surface area contributed by atoms with E-state index in [1.807, 2.05) is 49.4 Å². The third-order valence-corrected chi connectivity index (χ3v) is 6.57. The molecular weight excluding hydrogens is 392 g/mol. The number of aryl methyl sites for hydroxylation is 1. The number of nitrogens with one attached hydrogen (secondary N) is 2. The lowest BCUT2D eigenvalue weighted by atomic mass is 9.71. The fraction of sp³-hybridized carbons (Fsp3) is 0.400. The van der Waals surface area contributed by atoms with E-state index in [2.05, 4.69) is 10.3 Å². The second-order valence-electron chi connectivity index (χ2n) is 8.56. The number of aliphatic hydroxyl groups is 1. The lowest BCUT2D eigenvalue weighted by molar-refractivity contribution is -0.0538. The number of aromatic carboxylic acids is 1. The standard InChI is InChI=1S/C25H30N2O4/c1-16-9-10-22-20(12-16)21(23(27-22)24(28)29)15-26-14-18-6-3-4-11-25(18,30)17-7-5-8-19(13-17)31-2/h5,7-10,12-13,18,26-27,30H,3-4,6,11,14-15H2,1-2H3,(H,28,29). The number of H-pyrrole nitrogens is 1. The molecule has 0 saturated heterocycles. The van der Waals surface area contributed by atoms with Crippen molar-refractivity contribution in [1.29, 1.82) is 0 Å². The molecule has 1 aromatic heterocycles. The van der Waals surface area contributed by atoms with Crippen LogP contribution in [0.5, 0.6) is 5.75 Å². The smallest absolute Gasteiger partial charge is 0.352 e. The largest absolute Gasteiger partial charge is 0.497 e. The zero-order chi connectivity index (χ0) is 22.0. The first-order valence-corrected chi connectivity index (χ1v) is 10.8. The molecule has 31 heavy (non-hydrogen) atoms. The predicted octanol–water partition coefficient (Wildman–Crippen LogP) is 4.35. The van der Waals surface area contributed by atoms with Gasteiger partial charge < -0.3 is 25.3 Å². The number of aromatic amines is 1. The van der Waals surface area contributed by atoms with E-state index in [0.717, 1.165) is 52.6 Å². The van der Waals surface area contributed by atoms with Gasteiger partial charge in [-0.05, 0) is 49.6 Å². The molecule has 1 fully saturated rings. The average Bonchev–Trinajstić information content (AvgIpc) is 3.13. The summed E-state index contributed by atoms with van der Waals surface area (Å²) in [7, 11) is 1.63. The molecular formula is C25H30N2O4. The maximum absolute atomic E-state index is 11.8. The van der Waals surface area contributed by atoms with Gasteiger partial charge in [0.25, 0.3) is 0 Å². The van der Waals surface area contributed by atoms with Crippen molar-refractivity contribution in [3.8, 4) is 5.75 Å². The fourth-order valence-electron chi connectivity index (χ4n) is 4.87. The van der Waals surface area contributed by atoms with Gasteiger partial charge in [0.1, 0.15) is 11.4 Å². The van der Waals surface area contributed by atoms with Gasteiger partial charge in [0.15, 0.2) is 0 Å². The lowest BCUT2D eigenvalue weighted by Gasteiger charge is -2.41. The summed E-state index contributed by atoms with van der Waals surface area (Å²) in [5.74, 6) is -0.187. The summed E-state index contributed by atoms with van der Waals surface area (Å²) in [5.41, 5.74) is 2.85. The molecule has 0 aliphatic heterocycles. The van der Waals surface area contributed by atoms with E-state index in [-0.39, 0.29) is 11.6 Å².